The van der Waals surface area contributed by atoms with Gasteiger partial charge in [-0.1, -0.05) is 17.7 Å². The van der Waals surface area contributed by atoms with Crippen molar-refractivity contribution in [3.05, 3.63) is 58.6 Å². The van der Waals surface area contributed by atoms with Crippen LogP contribution < -0.4 is 10.6 Å². The number of carbonyl (C=O) groups excluding carboxylic acids is 1. The van der Waals surface area contributed by atoms with Crippen LogP contribution in [0.3, 0.4) is 0 Å². The standard InChI is InChI=1S/C16H11ClF6N2O/c17-10-4-5-13(12(7-10)16(21,22)23)24-8-14(26)25-11-3-1-2-9(6-11)15(18,19)20/h1-7,24H,8H2,(H,25,26). The largest absolute Gasteiger partial charge is 0.418 e. The van der Waals surface area contributed by atoms with Crippen LogP contribution in [0.2, 0.25) is 5.02 Å². The van der Waals surface area contributed by atoms with Gasteiger partial charge in [0.15, 0.2) is 0 Å². The normalized spacial score (nSPS) is 12.0. The van der Waals surface area contributed by atoms with E-state index in [0.717, 1.165) is 24.3 Å². The van der Waals surface area contributed by atoms with Gasteiger partial charge in [0.1, 0.15) is 0 Å². The van der Waals surface area contributed by atoms with E-state index in [1.54, 1.807) is 0 Å². The predicted molar refractivity (Wildman–Crippen MR) is 85.0 cm³/mol. The van der Waals surface area contributed by atoms with Crippen molar-refractivity contribution >= 4 is 28.9 Å². The van der Waals surface area contributed by atoms with E-state index >= 15 is 0 Å². The Morgan fingerprint density at radius 3 is 2.27 bits per heavy atom. The molecule has 0 aliphatic heterocycles. The van der Waals surface area contributed by atoms with Gasteiger partial charge in [0.25, 0.3) is 0 Å². The van der Waals surface area contributed by atoms with E-state index < -0.39 is 35.9 Å². The number of hydrogen-bond donors (Lipinski definition) is 2. The lowest BCUT2D eigenvalue weighted by molar-refractivity contribution is -0.138. The summed E-state index contributed by atoms with van der Waals surface area (Å²) < 4.78 is 76.7. The smallest absolute Gasteiger partial charge is 0.376 e. The van der Waals surface area contributed by atoms with Crippen LogP contribution in [0.1, 0.15) is 11.1 Å². The molecule has 2 aromatic carbocycles. The maximum atomic E-state index is 13.0. The van der Waals surface area contributed by atoms with Crippen LogP contribution in [0, 0.1) is 0 Å². The number of nitrogens with one attached hydrogen (secondary N) is 2. The van der Waals surface area contributed by atoms with Crippen molar-refractivity contribution < 1.29 is 31.1 Å². The molecule has 0 bridgehead atoms. The number of amides is 1. The van der Waals surface area contributed by atoms with Crippen LogP contribution in [0.25, 0.3) is 0 Å². The molecule has 0 saturated carbocycles. The molecule has 0 heterocycles. The number of benzene rings is 2. The van der Waals surface area contributed by atoms with E-state index in [1.807, 2.05) is 0 Å². The predicted octanol–water partition coefficient (Wildman–Crippen LogP) is 5.43. The lowest BCUT2D eigenvalue weighted by Crippen LogP contribution is -2.23. The molecule has 0 saturated heterocycles. The minimum Gasteiger partial charge on any atom is -0.376 e. The first-order valence-electron chi connectivity index (χ1n) is 7.04. The van der Waals surface area contributed by atoms with E-state index in [0.29, 0.717) is 6.07 Å². The molecule has 0 fully saturated rings. The maximum Gasteiger partial charge on any atom is 0.418 e. The molecule has 0 spiro atoms. The Bertz CT molecular complexity index is 804. The van der Waals surface area contributed by atoms with Gasteiger partial charge in [-0.2, -0.15) is 26.3 Å². The summed E-state index contributed by atoms with van der Waals surface area (Å²) in [7, 11) is 0. The quantitative estimate of drug-likeness (QED) is 0.677. The molecule has 140 valence electrons. The number of halogens is 7. The second kappa shape index (κ2) is 7.45. The summed E-state index contributed by atoms with van der Waals surface area (Å²) >= 11 is 5.55. The summed E-state index contributed by atoms with van der Waals surface area (Å²) in [4.78, 5) is 11.8. The third-order valence-electron chi connectivity index (χ3n) is 3.20. The van der Waals surface area contributed by atoms with Crippen LogP contribution in [0.5, 0.6) is 0 Å². The highest BCUT2D eigenvalue weighted by Gasteiger charge is 2.34. The summed E-state index contributed by atoms with van der Waals surface area (Å²) in [5.74, 6) is -0.813. The molecule has 0 aliphatic rings. The van der Waals surface area contributed by atoms with Crippen LogP contribution in [0.4, 0.5) is 37.7 Å². The van der Waals surface area contributed by atoms with Gasteiger partial charge in [0, 0.05) is 16.4 Å². The lowest BCUT2D eigenvalue weighted by atomic mass is 10.1. The van der Waals surface area contributed by atoms with Gasteiger partial charge >= 0.3 is 12.4 Å². The van der Waals surface area contributed by atoms with E-state index in [1.165, 1.54) is 12.1 Å². The van der Waals surface area contributed by atoms with Crippen molar-refractivity contribution in [3.63, 3.8) is 0 Å². The fourth-order valence-corrected chi connectivity index (χ4v) is 2.23. The molecule has 0 aliphatic carbocycles. The lowest BCUT2D eigenvalue weighted by Gasteiger charge is -2.15. The van der Waals surface area contributed by atoms with E-state index in [-0.39, 0.29) is 16.4 Å². The van der Waals surface area contributed by atoms with Gasteiger partial charge in [-0.25, -0.2) is 0 Å². The minimum absolute atomic E-state index is 0.126. The first-order valence-corrected chi connectivity index (χ1v) is 7.42. The molecule has 2 aromatic rings. The van der Waals surface area contributed by atoms with Crippen molar-refractivity contribution in [1.29, 1.82) is 0 Å². The van der Waals surface area contributed by atoms with Gasteiger partial charge in [-0.3, -0.25) is 4.79 Å². The first kappa shape index (κ1) is 19.9. The fraction of sp³-hybridized carbons (Fsp3) is 0.188. The summed E-state index contributed by atoms with van der Waals surface area (Å²) in [5.41, 5.74) is -2.52. The summed E-state index contributed by atoms with van der Waals surface area (Å²) in [5, 5.41) is 4.36. The average molecular weight is 397 g/mol. The Morgan fingerprint density at radius 2 is 1.65 bits per heavy atom. The van der Waals surface area contributed by atoms with E-state index in [4.69, 9.17) is 11.6 Å². The third-order valence-corrected chi connectivity index (χ3v) is 3.44. The molecule has 0 atom stereocenters. The molecule has 2 rings (SSSR count). The van der Waals surface area contributed by atoms with Crippen molar-refractivity contribution in [2.75, 3.05) is 17.2 Å². The number of carbonyl (C=O) groups is 1. The van der Waals surface area contributed by atoms with Crippen molar-refractivity contribution in [2.45, 2.75) is 12.4 Å². The van der Waals surface area contributed by atoms with Crippen molar-refractivity contribution in [3.8, 4) is 0 Å². The topological polar surface area (TPSA) is 41.1 Å². The van der Waals surface area contributed by atoms with Crippen molar-refractivity contribution in [2.24, 2.45) is 0 Å². The van der Waals surface area contributed by atoms with Gasteiger partial charge in [-0.05, 0) is 36.4 Å². The molecule has 2 N–H and O–H groups in total. The van der Waals surface area contributed by atoms with Crippen molar-refractivity contribution in [1.82, 2.24) is 0 Å². The maximum absolute atomic E-state index is 13.0. The highest BCUT2D eigenvalue weighted by molar-refractivity contribution is 6.30. The Hall–Kier alpha value is -2.42. The van der Waals surface area contributed by atoms with Gasteiger partial charge < -0.3 is 10.6 Å². The summed E-state index contributed by atoms with van der Waals surface area (Å²) in [6.45, 7) is -0.582. The minimum atomic E-state index is -4.69. The fourth-order valence-electron chi connectivity index (χ4n) is 2.06. The zero-order valence-corrected chi connectivity index (χ0v) is 13.6. The van der Waals surface area contributed by atoms with Gasteiger partial charge in [-0.15, -0.1) is 0 Å². The van der Waals surface area contributed by atoms with Crippen LogP contribution in [-0.2, 0) is 17.1 Å². The number of hydrogen-bond acceptors (Lipinski definition) is 2. The second-order valence-electron chi connectivity index (χ2n) is 5.17. The second-order valence-corrected chi connectivity index (χ2v) is 5.60. The molecular formula is C16H11ClF6N2O. The molecular weight excluding hydrogens is 386 g/mol. The Kier molecular flexibility index (Phi) is 5.70. The zero-order valence-electron chi connectivity index (χ0n) is 12.8. The average Bonchev–Trinajstić information content (AvgIpc) is 2.52. The number of alkyl halides is 6. The van der Waals surface area contributed by atoms with Crippen LogP contribution >= 0.6 is 11.6 Å². The molecule has 0 unspecified atom stereocenters. The molecule has 10 heteroatoms. The van der Waals surface area contributed by atoms with E-state index in [2.05, 4.69) is 10.6 Å². The molecule has 1 amide bonds. The highest BCUT2D eigenvalue weighted by atomic mass is 35.5. The summed E-state index contributed by atoms with van der Waals surface area (Å²) in [6, 6.07) is 6.86. The molecule has 26 heavy (non-hydrogen) atoms. The summed E-state index contributed by atoms with van der Waals surface area (Å²) in [6.07, 6.45) is -9.27. The zero-order chi connectivity index (χ0) is 19.5. The van der Waals surface area contributed by atoms with Gasteiger partial charge in [0.05, 0.1) is 17.7 Å². The number of anilines is 2. The third kappa shape index (κ3) is 5.29. The monoisotopic (exact) mass is 396 g/mol. The SMILES string of the molecule is O=C(CNc1ccc(Cl)cc1C(F)(F)F)Nc1cccc(C(F)(F)F)c1. The van der Waals surface area contributed by atoms with Gasteiger partial charge in [0.2, 0.25) is 5.91 Å². The Balaban J connectivity index is 2.07. The Morgan fingerprint density at radius 1 is 0.962 bits per heavy atom. The van der Waals surface area contributed by atoms with Crippen LogP contribution in [-0.4, -0.2) is 12.5 Å². The highest BCUT2D eigenvalue weighted by Crippen LogP contribution is 2.36. The molecule has 0 aromatic heterocycles. The first-order chi connectivity index (χ1) is 12.0. The van der Waals surface area contributed by atoms with Crippen LogP contribution in [0.15, 0.2) is 42.5 Å². The van der Waals surface area contributed by atoms with E-state index in [9.17, 15) is 31.1 Å². The number of rotatable bonds is 4. The Labute approximate surface area is 149 Å². The molecule has 3 nitrogen and oxygen atoms in total. The molecule has 0 radical (unpaired) electrons.